The first-order valence-electron chi connectivity index (χ1n) is 5.82. The van der Waals surface area contributed by atoms with Crippen LogP contribution < -0.4 is 19.9 Å². The highest BCUT2D eigenvalue weighted by molar-refractivity contribution is 5.52. The van der Waals surface area contributed by atoms with Crippen molar-refractivity contribution in [2.24, 2.45) is 5.73 Å². The maximum Gasteiger partial charge on any atom is 0.131 e. The summed E-state index contributed by atoms with van der Waals surface area (Å²) in [5, 5.41) is 9.88. The highest BCUT2D eigenvalue weighted by Gasteiger charge is 2.24. The lowest BCUT2D eigenvalue weighted by molar-refractivity contribution is 0.138. The summed E-state index contributed by atoms with van der Waals surface area (Å²) in [7, 11) is 4.65. The summed E-state index contributed by atoms with van der Waals surface area (Å²) in [6.07, 6.45) is -0.0966. The normalized spacial score (nSPS) is 13.9. The lowest BCUT2D eigenvalue weighted by Gasteiger charge is -2.23. The van der Waals surface area contributed by atoms with Crippen LogP contribution in [0.1, 0.15) is 24.9 Å². The molecule has 0 saturated carbocycles. The lowest BCUT2D eigenvalue weighted by atomic mass is 9.98. The van der Waals surface area contributed by atoms with Crippen LogP contribution in [-0.4, -0.2) is 32.5 Å². The summed E-state index contributed by atoms with van der Waals surface area (Å²) in [4.78, 5) is 0. The summed E-state index contributed by atoms with van der Waals surface area (Å²) in [6, 6.07) is 2.88. The Bertz CT molecular complexity index is 370. The Kier molecular flexibility index (Phi) is 5.25. The molecule has 0 aliphatic rings. The standard InChI is InChI=1S/C13H21NO4/c1-5-9(15)13(14)12-10(17-3)6-8(16-2)7-11(12)18-4/h6-7,9,13,15H,5,14H2,1-4H3/t9-,13-/m0/s1. The number of ether oxygens (including phenoxy) is 3. The van der Waals surface area contributed by atoms with Crippen LogP contribution in [0.3, 0.4) is 0 Å². The molecular formula is C13H21NO4. The average Bonchev–Trinajstić information content (AvgIpc) is 2.43. The van der Waals surface area contributed by atoms with Crippen LogP contribution in [0.2, 0.25) is 0 Å². The third kappa shape index (κ3) is 2.86. The third-order valence-electron chi connectivity index (χ3n) is 2.92. The second kappa shape index (κ2) is 6.47. The van der Waals surface area contributed by atoms with Gasteiger partial charge in [0.15, 0.2) is 0 Å². The van der Waals surface area contributed by atoms with Gasteiger partial charge in [-0.1, -0.05) is 6.92 Å². The van der Waals surface area contributed by atoms with E-state index in [0.29, 0.717) is 29.2 Å². The number of nitrogens with two attached hydrogens (primary N) is 1. The summed E-state index contributed by atoms with van der Waals surface area (Å²) in [6.45, 7) is 1.87. The molecule has 5 heteroatoms. The van der Waals surface area contributed by atoms with Crippen LogP contribution in [0.5, 0.6) is 17.2 Å². The molecule has 3 N–H and O–H groups in total. The van der Waals surface area contributed by atoms with Gasteiger partial charge in [0.25, 0.3) is 0 Å². The molecule has 0 amide bonds. The third-order valence-corrected chi connectivity index (χ3v) is 2.92. The maximum atomic E-state index is 9.88. The van der Waals surface area contributed by atoms with Gasteiger partial charge in [-0.15, -0.1) is 0 Å². The molecule has 1 aromatic rings. The van der Waals surface area contributed by atoms with E-state index in [4.69, 9.17) is 19.9 Å². The number of aliphatic hydroxyl groups is 1. The van der Waals surface area contributed by atoms with E-state index in [2.05, 4.69) is 0 Å². The zero-order valence-electron chi connectivity index (χ0n) is 11.3. The van der Waals surface area contributed by atoms with E-state index in [1.54, 1.807) is 33.5 Å². The maximum absolute atomic E-state index is 9.88. The zero-order valence-corrected chi connectivity index (χ0v) is 11.3. The molecule has 1 aromatic carbocycles. The number of rotatable bonds is 6. The van der Waals surface area contributed by atoms with E-state index in [-0.39, 0.29) is 0 Å². The van der Waals surface area contributed by atoms with Crippen molar-refractivity contribution in [3.8, 4) is 17.2 Å². The van der Waals surface area contributed by atoms with Crippen LogP contribution in [0, 0.1) is 0 Å². The molecule has 0 fully saturated rings. The molecule has 0 saturated heterocycles. The number of hydrogen-bond acceptors (Lipinski definition) is 5. The van der Waals surface area contributed by atoms with Gasteiger partial charge in [-0.2, -0.15) is 0 Å². The van der Waals surface area contributed by atoms with Crippen LogP contribution in [0.4, 0.5) is 0 Å². The molecule has 0 heterocycles. The van der Waals surface area contributed by atoms with E-state index >= 15 is 0 Å². The van der Waals surface area contributed by atoms with Gasteiger partial charge >= 0.3 is 0 Å². The van der Waals surface area contributed by atoms with Gasteiger partial charge in [0, 0.05) is 12.1 Å². The number of benzene rings is 1. The summed E-state index contributed by atoms with van der Waals surface area (Å²) >= 11 is 0. The minimum atomic E-state index is -0.652. The van der Waals surface area contributed by atoms with Crippen LogP contribution >= 0.6 is 0 Å². The summed E-state index contributed by atoms with van der Waals surface area (Å²) < 4.78 is 15.7. The largest absolute Gasteiger partial charge is 0.496 e. The van der Waals surface area contributed by atoms with Crippen LogP contribution in [0.15, 0.2) is 12.1 Å². The monoisotopic (exact) mass is 255 g/mol. The van der Waals surface area contributed by atoms with Crippen molar-refractivity contribution in [1.29, 1.82) is 0 Å². The van der Waals surface area contributed by atoms with E-state index < -0.39 is 12.1 Å². The fraction of sp³-hybridized carbons (Fsp3) is 0.538. The predicted octanol–water partition coefficient (Wildman–Crippen LogP) is 1.48. The van der Waals surface area contributed by atoms with Crippen LogP contribution in [0.25, 0.3) is 0 Å². The van der Waals surface area contributed by atoms with Crippen molar-refractivity contribution in [3.63, 3.8) is 0 Å². The second-order valence-electron chi connectivity index (χ2n) is 3.95. The van der Waals surface area contributed by atoms with Gasteiger partial charge in [-0.25, -0.2) is 0 Å². The summed E-state index contributed by atoms with van der Waals surface area (Å²) in [5.41, 5.74) is 6.69. The Labute approximate surface area is 107 Å². The topological polar surface area (TPSA) is 73.9 Å². The molecule has 0 aliphatic carbocycles. The first-order chi connectivity index (χ1) is 8.58. The molecule has 5 nitrogen and oxygen atoms in total. The fourth-order valence-corrected chi connectivity index (χ4v) is 1.81. The zero-order chi connectivity index (χ0) is 13.7. The molecule has 0 bridgehead atoms. The van der Waals surface area contributed by atoms with E-state index in [1.165, 1.54) is 0 Å². The molecule has 18 heavy (non-hydrogen) atoms. The van der Waals surface area contributed by atoms with Gasteiger partial charge in [-0.3, -0.25) is 0 Å². The molecule has 0 aliphatic heterocycles. The Morgan fingerprint density at radius 3 is 1.94 bits per heavy atom. The fourth-order valence-electron chi connectivity index (χ4n) is 1.81. The Balaban J connectivity index is 3.30. The minimum Gasteiger partial charge on any atom is -0.496 e. The van der Waals surface area contributed by atoms with Crippen molar-refractivity contribution in [3.05, 3.63) is 17.7 Å². The quantitative estimate of drug-likeness (QED) is 0.805. The average molecular weight is 255 g/mol. The number of aliphatic hydroxyl groups excluding tert-OH is 1. The second-order valence-corrected chi connectivity index (χ2v) is 3.95. The van der Waals surface area contributed by atoms with Crippen molar-refractivity contribution >= 4 is 0 Å². The molecular weight excluding hydrogens is 234 g/mol. The van der Waals surface area contributed by atoms with E-state index in [1.807, 2.05) is 6.92 Å². The molecule has 0 radical (unpaired) electrons. The van der Waals surface area contributed by atoms with Gasteiger partial charge in [0.05, 0.1) is 39.0 Å². The number of hydrogen-bond donors (Lipinski definition) is 2. The van der Waals surface area contributed by atoms with Crippen molar-refractivity contribution < 1.29 is 19.3 Å². The molecule has 0 spiro atoms. The van der Waals surface area contributed by atoms with Gasteiger partial charge < -0.3 is 25.1 Å². The van der Waals surface area contributed by atoms with Gasteiger partial charge in [0.2, 0.25) is 0 Å². The van der Waals surface area contributed by atoms with E-state index in [0.717, 1.165) is 0 Å². The molecule has 2 atom stereocenters. The van der Waals surface area contributed by atoms with Crippen LogP contribution in [-0.2, 0) is 0 Å². The first-order valence-corrected chi connectivity index (χ1v) is 5.82. The van der Waals surface area contributed by atoms with Crippen molar-refractivity contribution in [1.82, 2.24) is 0 Å². The molecule has 1 rings (SSSR count). The lowest BCUT2D eigenvalue weighted by Crippen LogP contribution is -2.26. The van der Waals surface area contributed by atoms with E-state index in [9.17, 15) is 5.11 Å². The molecule has 102 valence electrons. The van der Waals surface area contributed by atoms with Gasteiger partial charge in [0.1, 0.15) is 17.2 Å². The van der Waals surface area contributed by atoms with Gasteiger partial charge in [-0.05, 0) is 6.42 Å². The van der Waals surface area contributed by atoms with Crippen molar-refractivity contribution in [2.75, 3.05) is 21.3 Å². The molecule has 0 unspecified atom stereocenters. The smallest absolute Gasteiger partial charge is 0.131 e. The highest BCUT2D eigenvalue weighted by Crippen LogP contribution is 2.38. The molecule has 0 aromatic heterocycles. The highest BCUT2D eigenvalue weighted by atomic mass is 16.5. The summed E-state index contributed by atoms with van der Waals surface area (Å²) in [5.74, 6) is 1.71. The first kappa shape index (κ1) is 14.6. The Morgan fingerprint density at radius 1 is 1.11 bits per heavy atom. The Morgan fingerprint density at radius 2 is 1.61 bits per heavy atom. The Hall–Kier alpha value is -1.46. The minimum absolute atomic E-state index is 0.547. The SMILES string of the molecule is CC[C@H](O)[C@H](N)c1c(OC)cc(OC)cc1OC. The van der Waals surface area contributed by atoms with Crippen molar-refractivity contribution in [2.45, 2.75) is 25.5 Å². The number of methoxy groups -OCH3 is 3. The predicted molar refractivity (Wildman–Crippen MR) is 69.3 cm³/mol.